The molecule has 0 radical (unpaired) electrons. The van der Waals surface area contributed by atoms with E-state index in [0.717, 1.165) is 0 Å². The lowest BCUT2D eigenvalue weighted by Crippen LogP contribution is -2.27. The van der Waals surface area contributed by atoms with Gasteiger partial charge in [0.1, 0.15) is 5.69 Å². The number of amides is 1. The summed E-state index contributed by atoms with van der Waals surface area (Å²) in [5.41, 5.74) is 0.0581. The number of pyridine rings is 1. The second-order valence-corrected chi connectivity index (χ2v) is 2.71. The van der Waals surface area contributed by atoms with E-state index in [4.69, 9.17) is 6.42 Å². The molecule has 0 aromatic carbocycles. The Morgan fingerprint density at radius 2 is 2.43 bits per heavy atom. The normalized spacial score (nSPS) is 9.21. The number of halogens is 1. The van der Waals surface area contributed by atoms with Crippen LogP contribution in [0.3, 0.4) is 0 Å². The summed E-state index contributed by atoms with van der Waals surface area (Å²) < 4.78 is 12.7. The van der Waals surface area contributed by atoms with Crippen LogP contribution in [0.4, 0.5) is 4.39 Å². The molecule has 1 aromatic rings. The van der Waals surface area contributed by atoms with Gasteiger partial charge in [0.15, 0.2) is 0 Å². The topological polar surface area (TPSA) is 33.2 Å². The molecule has 0 atom stereocenters. The third-order valence-electron chi connectivity index (χ3n) is 1.61. The van der Waals surface area contributed by atoms with Gasteiger partial charge in [0.25, 0.3) is 5.91 Å². The van der Waals surface area contributed by atoms with Crippen molar-refractivity contribution in [1.29, 1.82) is 0 Å². The molecule has 1 heterocycles. The van der Waals surface area contributed by atoms with Crippen LogP contribution in [-0.4, -0.2) is 29.4 Å². The van der Waals surface area contributed by atoms with E-state index in [1.165, 1.54) is 30.1 Å². The van der Waals surface area contributed by atoms with E-state index < -0.39 is 5.95 Å². The lowest BCUT2D eigenvalue weighted by molar-refractivity contribution is 0.0805. The van der Waals surface area contributed by atoms with E-state index >= 15 is 0 Å². The first-order chi connectivity index (χ1) is 6.65. The van der Waals surface area contributed by atoms with Crippen molar-refractivity contribution < 1.29 is 9.18 Å². The maximum atomic E-state index is 12.7. The molecule has 0 aliphatic rings. The van der Waals surface area contributed by atoms with Crippen LogP contribution in [0.25, 0.3) is 0 Å². The zero-order valence-corrected chi connectivity index (χ0v) is 7.70. The molecule has 0 aliphatic heterocycles. The highest BCUT2D eigenvalue weighted by Gasteiger charge is 2.12. The van der Waals surface area contributed by atoms with Gasteiger partial charge in [-0.1, -0.05) is 12.0 Å². The van der Waals surface area contributed by atoms with E-state index in [2.05, 4.69) is 10.9 Å². The fourth-order valence-corrected chi connectivity index (χ4v) is 0.932. The third kappa shape index (κ3) is 2.30. The molecule has 0 saturated carbocycles. The van der Waals surface area contributed by atoms with E-state index in [0.29, 0.717) is 0 Å². The van der Waals surface area contributed by atoms with Crippen LogP contribution in [-0.2, 0) is 0 Å². The second kappa shape index (κ2) is 4.38. The molecule has 0 aliphatic carbocycles. The first-order valence-electron chi connectivity index (χ1n) is 3.96. The van der Waals surface area contributed by atoms with Crippen molar-refractivity contribution in [1.82, 2.24) is 9.88 Å². The Morgan fingerprint density at radius 3 is 3.00 bits per heavy atom. The highest BCUT2D eigenvalue weighted by Crippen LogP contribution is 2.01. The molecule has 3 nitrogen and oxygen atoms in total. The summed E-state index contributed by atoms with van der Waals surface area (Å²) in [6.07, 6.45) is 5.04. The van der Waals surface area contributed by atoms with Crippen LogP contribution in [0, 0.1) is 18.3 Å². The zero-order chi connectivity index (χ0) is 10.6. The maximum Gasteiger partial charge on any atom is 0.273 e. The molecular formula is C10H9FN2O. The van der Waals surface area contributed by atoms with E-state index in [1.807, 2.05) is 0 Å². The second-order valence-electron chi connectivity index (χ2n) is 2.71. The van der Waals surface area contributed by atoms with Crippen molar-refractivity contribution in [3.8, 4) is 12.3 Å². The summed E-state index contributed by atoms with van der Waals surface area (Å²) in [6, 6.07) is 4.05. The standard InChI is InChI=1S/C10H9FN2O/c1-3-7-13(2)10(14)8-5-4-6-9(11)12-8/h1,4-6H,7H2,2H3. The number of carbonyl (C=O) groups excluding carboxylic acids is 1. The van der Waals surface area contributed by atoms with Crippen LogP contribution < -0.4 is 0 Å². The van der Waals surface area contributed by atoms with E-state index in [-0.39, 0.29) is 18.1 Å². The smallest absolute Gasteiger partial charge is 0.273 e. The maximum absolute atomic E-state index is 12.7. The van der Waals surface area contributed by atoms with E-state index in [1.54, 1.807) is 0 Å². The molecule has 1 rings (SSSR count). The molecule has 4 heteroatoms. The first-order valence-corrected chi connectivity index (χ1v) is 3.96. The third-order valence-corrected chi connectivity index (χ3v) is 1.61. The summed E-state index contributed by atoms with van der Waals surface area (Å²) in [4.78, 5) is 16.2. The Kier molecular flexibility index (Phi) is 3.19. The van der Waals surface area contributed by atoms with Crippen LogP contribution >= 0.6 is 0 Å². The van der Waals surface area contributed by atoms with Crippen molar-refractivity contribution in [2.75, 3.05) is 13.6 Å². The number of carbonyl (C=O) groups is 1. The largest absolute Gasteiger partial charge is 0.329 e. The van der Waals surface area contributed by atoms with Gasteiger partial charge in [0, 0.05) is 7.05 Å². The summed E-state index contributed by atoms with van der Waals surface area (Å²) in [7, 11) is 1.54. The van der Waals surface area contributed by atoms with Crippen LogP contribution in [0.15, 0.2) is 18.2 Å². The molecule has 0 spiro atoms. The van der Waals surface area contributed by atoms with Crippen LogP contribution in [0.5, 0.6) is 0 Å². The monoisotopic (exact) mass is 192 g/mol. The van der Waals surface area contributed by atoms with Crippen molar-refractivity contribution in [2.45, 2.75) is 0 Å². The Balaban J connectivity index is 2.85. The highest BCUT2D eigenvalue weighted by molar-refractivity contribution is 5.92. The molecule has 1 amide bonds. The fraction of sp³-hybridized carbons (Fsp3) is 0.200. The van der Waals surface area contributed by atoms with Gasteiger partial charge in [0.05, 0.1) is 6.54 Å². The fourth-order valence-electron chi connectivity index (χ4n) is 0.932. The summed E-state index contributed by atoms with van der Waals surface area (Å²) in [5, 5.41) is 0. The number of nitrogens with zero attached hydrogens (tertiary/aromatic N) is 2. The molecule has 0 unspecified atom stereocenters. The molecule has 1 aromatic heterocycles. The zero-order valence-electron chi connectivity index (χ0n) is 7.70. The molecule has 72 valence electrons. The number of terminal acetylenes is 1. The summed E-state index contributed by atoms with van der Waals surface area (Å²) >= 11 is 0. The Labute approximate surface area is 81.6 Å². The van der Waals surface area contributed by atoms with Crippen LogP contribution in [0.1, 0.15) is 10.5 Å². The molecule has 0 bridgehead atoms. The SMILES string of the molecule is C#CCN(C)C(=O)c1cccc(F)n1. The number of rotatable bonds is 2. The predicted octanol–water partition coefficient (Wildman–Crippen LogP) is 0.926. The molecule has 0 fully saturated rings. The molecular weight excluding hydrogens is 183 g/mol. The first kappa shape index (κ1) is 10.2. The van der Waals surface area contributed by atoms with Gasteiger partial charge in [-0.2, -0.15) is 4.39 Å². The van der Waals surface area contributed by atoms with Crippen molar-refractivity contribution in [3.05, 3.63) is 29.8 Å². The Bertz CT molecular complexity index is 384. The lowest BCUT2D eigenvalue weighted by Gasteiger charge is -2.12. The predicted molar refractivity (Wildman–Crippen MR) is 50.0 cm³/mol. The molecule has 14 heavy (non-hydrogen) atoms. The molecule has 0 saturated heterocycles. The Hall–Kier alpha value is -1.89. The minimum absolute atomic E-state index is 0.0581. The Morgan fingerprint density at radius 1 is 1.71 bits per heavy atom. The van der Waals surface area contributed by atoms with Crippen molar-refractivity contribution in [3.63, 3.8) is 0 Å². The van der Waals surface area contributed by atoms with Gasteiger partial charge < -0.3 is 4.90 Å². The quantitative estimate of drug-likeness (QED) is 0.515. The van der Waals surface area contributed by atoms with E-state index in [9.17, 15) is 9.18 Å². The average molecular weight is 192 g/mol. The van der Waals surface area contributed by atoms with Gasteiger partial charge in [-0.15, -0.1) is 6.42 Å². The minimum Gasteiger partial charge on any atom is -0.329 e. The van der Waals surface area contributed by atoms with Gasteiger partial charge in [-0.25, -0.2) is 4.98 Å². The van der Waals surface area contributed by atoms with Gasteiger partial charge >= 0.3 is 0 Å². The number of aromatic nitrogens is 1. The van der Waals surface area contributed by atoms with Gasteiger partial charge in [-0.3, -0.25) is 4.79 Å². The highest BCUT2D eigenvalue weighted by atomic mass is 19.1. The van der Waals surface area contributed by atoms with Crippen molar-refractivity contribution in [2.24, 2.45) is 0 Å². The number of hydrogen-bond donors (Lipinski definition) is 0. The average Bonchev–Trinajstić information content (AvgIpc) is 2.17. The molecule has 0 N–H and O–H groups in total. The van der Waals surface area contributed by atoms with Gasteiger partial charge in [-0.05, 0) is 12.1 Å². The van der Waals surface area contributed by atoms with Gasteiger partial charge in [0.2, 0.25) is 5.95 Å². The summed E-state index contributed by atoms with van der Waals surface area (Å²) in [6.45, 7) is 0.178. The van der Waals surface area contributed by atoms with Crippen molar-refractivity contribution >= 4 is 5.91 Å². The summed E-state index contributed by atoms with van der Waals surface area (Å²) in [5.74, 6) is 1.25. The lowest BCUT2D eigenvalue weighted by atomic mass is 10.3. The number of hydrogen-bond acceptors (Lipinski definition) is 2. The minimum atomic E-state index is -0.676. The van der Waals surface area contributed by atoms with Crippen LogP contribution in [0.2, 0.25) is 0 Å².